The molecular formula is C20H22N2O2. The van der Waals surface area contributed by atoms with Gasteiger partial charge in [0.1, 0.15) is 5.75 Å². The van der Waals surface area contributed by atoms with Crippen molar-refractivity contribution in [1.82, 2.24) is 4.98 Å². The number of hydrogen-bond acceptors (Lipinski definition) is 2. The number of hydrogen-bond donors (Lipinski definition) is 2. The highest BCUT2D eigenvalue weighted by Crippen LogP contribution is 2.26. The van der Waals surface area contributed by atoms with Gasteiger partial charge in [0.05, 0.1) is 12.3 Å². The van der Waals surface area contributed by atoms with E-state index in [1.165, 1.54) is 5.56 Å². The molecule has 0 aliphatic carbocycles. The Kier molecular flexibility index (Phi) is 4.56. The first-order valence-electron chi connectivity index (χ1n) is 8.22. The number of para-hydroxylation sites is 2. The zero-order valence-corrected chi connectivity index (χ0v) is 14.3. The molecule has 0 aliphatic heterocycles. The van der Waals surface area contributed by atoms with Gasteiger partial charge in [0.15, 0.2) is 0 Å². The van der Waals surface area contributed by atoms with Gasteiger partial charge in [0.25, 0.3) is 5.91 Å². The summed E-state index contributed by atoms with van der Waals surface area (Å²) in [5.74, 6) is 0.560. The molecule has 24 heavy (non-hydrogen) atoms. The van der Waals surface area contributed by atoms with E-state index < -0.39 is 0 Å². The first-order valence-corrected chi connectivity index (χ1v) is 8.22. The molecule has 3 rings (SSSR count). The smallest absolute Gasteiger partial charge is 0.255 e. The van der Waals surface area contributed by atoms with Crippen LogP contribution in [0.25, 0.3) is 10.9 Å². The molecule has 0 atom stereocenters. The predicted octanol–water partition coefficient (Wildman–Crippen LogP) is 4.83. The molecule has 0 radical (unpaired) electrons. The first kappa shape index (κ1) is 16.1. The Morgan fingerprint density at radius 3 is 2.75 bits per heavy atom. The van der Waals surface area contributed by atoms with Crippen molar-refractivity contribution >= 4 is 22.5 Å². The van der Waals surface area contributed by atoms with Gasteiger partial charge in [-0.25, -0.2) is 0 Å². The van der Waals surface area contributed by atoms with Crippen LogP contribution in [0, 0.1) is 13.8 Å². The normalized spacial score (nSPS) is 10.8. The van der Waals surface area contributed by atoms with E-state index in [0.717, 1.165) is 23.0 Å². The summed E-state index contributed by atoms with van der Waals surface area (Å²) in [6, 6.07) is 13.2. The molecule has 0 fully saturated rings. The van der Waals surface area contributed by atoms with Gasteiger partial charge >= 0.3 is 0 Å². The summed E-state index contributed by atoms with van der Waals surface area (Å²) in [4.78, 5) is 15.9. The Morgan fingerprint density at radius 2 is 1.96 bits per heavy atom. The van der Waals surface area contributed by atoms with Crippen molar-refractivity contribution in [2.24, 2.45) is 0 Å². The highest BCUT2D eigenvalue weighted by atomic mass is 16.5. The third-order valence-electron chi connectivity index (χ3n) is 4.17. The first-order chi connectivity index (χ1) is 11.6. The maximum absolute atomic E-state index is 12.6. The largest absolute Gasteiger partial charge is 0.491 e. The zero-order valence-electron chi connectivity index (χ0n) is 14.3. The second-order valence-corrected chi connectivity index (χ2v) is 5.93. The van der Waals surface area contributed by atoms with E-state index in [4.69, 9.17) is 4.74 Å². The minimum atomic E-state index is -0.136. The molecule has 0 aliphatic rings. The number of aromatic nitrogens is 1. The number of carbonyl (C=O) groups excluding carboxylic acids is 1. The average Bonchev–Trinajstić information content (AvgIpc) is 2.88. The van der Waals surface area contributed by atoms with Crippen LogP contribution in [0.1, 0.15) is 35.0 Å². The number of aryl methyl sites for hydroxylation is 2. The second-order valence-electron chi connectivity index (χ2n) is 5.93. The summed E-state index contributed by atoms with van der Waals surface area (Å²) in [6.07, 6.45) is 0.922. The van der Waals surface area contributed by atoms with Gasteiger partial charge in [-0.15, -0.1) is 0 Å². The number of anilines is 1. The second kappa shape index (κ2) is 6.79. The molecule has 1 heterocycles. The Balaban J connectivity index is 1.86. The van der Waals surface area contributed by atoms with Crippen molar-refractivity contribution in [1.29, 1.82) is 0 Å². The van der Waals surface area contributed by atoms with Gasteiger partial charge in [-0.1, -0.05) is 19.1 Å². The lowest BCUT2D eigenvalue weighted by Crippen LogP contribution is -2.13. The molecule has 2 aromatic carbocycles. The van der Waals surface area contributed by atoms with E-state index in [-0.39, 0.29) is 5.91 Å². The number of fused-ring (bicyclic) bond motifs is 1. The maximum Gasteiger partial charge on any atom is 0.255 e. The molecule has 3 aromatic rings. The van der Waals surface area contributed by atoms with Crippen LogP contribution in [0.15, 0.2) is 42.5 Å². The van der Waals surface area contributed by atoms with Gasteiger partial charge in [-0.3, -0.25) is 4.79 Å². The Morgan fingerprint density at radius 1 is 1.17 bits per heavy atom. The maximum atomic E-state index is 12.6. The van der Waals surface area contributed by atoms with Gasteiger partial charge in [-0.05, 0) is 56.2 Å². The third kappa shape index (κ3) is 3.13. The number of carbonyl (C=O) groups is 1. The molecule has 1 aromatic heterocycles. The quantitative estimate of drug-likeness (QED) is 0.707. The molecule has 0 bridgehead atoms. The zero-order chi connectivity index (χ0) is 17.1. The Bertz CT molecular complexity index is 880. The lowest BCUT2D eigenvalue weighted by Gasteiger charge is -2.12. The van der Waals surface area contributed by atoms with E-state index in [1.807, 2.05) is 49.4 Å². The van der Waals surface area contributed by atoms with Crippen molar-refractivity contribution < 1.29 is 9.53 Å². The van der Waals surface area contributed by atoms with Crippen LogP contribution in [0.3, 0.4) is 0 Å². The summed E-state index contributed by atoms with van der Waals surface area (Å²) in [7, 11) is 0. The SMILES string of the molecule is CCCOc1ccccc1NC(=O)c1ccc2[nH]c(C)c(C)c2c1. The van der Waals surface area contributed by atoms with Crippen LogP contribution in [0.4, 0.5) is 5.69 Å². The van der Waals surface area contributed by atoms with Gasteiger partial charge in [0, 0.05) is 22.2 Å². The van der Waals surface area contributed by atoms with E-state index in [2.05, 4.69) is 24.1 Å². The number of ether oxygens (including phenoxy) is 1. The average molecular weight is 322 g/mol. The molecule has 0 saturated heterocycles. The molecule has 124 valence electrons. The molecule has 0 spiro atoms. The van der Waals surface area contributed by atoms with Crippen LogP contribution in [0.2, 0.25) is 0 Å². The summed E-state index contributed by atoms with van der Waals surface area (Å²) < 4.78 is 5.70. The molecule has 4 heteroatoms. The minimum absolute atomic E-state index is 0.136. The van der Waals surface area contributed by atoms with Gasteiger partial charge in [-0.2, -0.15) is 0 Å². The Labute approximate surface area is 141 Å². The minimum Gasteiger partial charge on any atom is -0.491 e. The van der Waals surface area contributed by atoms with E-state index in [0.29, 0.717) is 23.6 Å². The lowest BCUT2D eigenvalue weighted by atomic mass is 10.1. The fourth-order valence-corrected chi connectivity index (χ4v) is 2.70. The van der Waals surface area contributed by atoms with Crippen molar-refractivity contribution in [3.63, 3.8) is 0 Å². The van der Waals surface area contributed by atoms with Crippen molar-refractivity contribution in [2.45, 2.75) is 27.2 Å². The number of H-pyrrole nitrogens is 1. The number of aromatic amines is 1. The van der Waals surface area contributed by atoms with Gasteiger partial charge < -0.3 is 15.0 Å². The van der Waals surface area contributed by atoms with Crippen LogP contribution >= 0.6 is 0 Å². The number of rotatable bonds is 5. The number of amides is 1. The lowest BCUT2D eigenvalue weighted by molar-refractivity contribution is 0.102. The van der Waals surface area contributed by atoms with E-state index in [1.54, 1.807) is 0 Å². The Hall–Kier alpha value is -2.75. The monoisotopic (exact) mass is 322 g/mol. The summed E-state index contributed by atoms with van der Waals surface area (Å²) in [5, 5.41) is 4.03. The fraction of sp³-hybridized carbons (Fsp3) is 0.250. The third-order valence-corrected chi connectivity index (χ3v) is 4.17. The standard InChI is InChI=1S/C20H22N2O2/c1-4-11-24-19-8-6-5-7-18(19)22-20(23)15-9-10-17-16(12-15)13(2)14(3)21-17/h5-10,12,21H,4,11H2,1-3H3,(H,22,23). The highest BCUT2D eigenvalue weighted by molar-refractivity contribution is 6.07. The number of nitrogens with one attached hydrogen (secondary N) is 2. The molecule has 0 saturated carbocycles. The summed E-state index contributed by atoms with van der Waals surface area (Å²) >= 11 is 0. The molecular weight excluding hydrogens is 300 g/mol. The van der Waals surface area contributed by atoms with Crippen LogP contribution in [-0.2, 0) is 0 Å². The van der Waals surface area contributed by atoms with Crippen molar-refractivity contribution in [3.05, 3.63) is 59.3 Å². The summed E-state index contributed by atoms with van der Waals surface area (Å²) in [5.41, 5.74) is 4.67. The topological polar surface area (TPSA) is 54.1 Å². The molecule has 4 nitrogen and oxygen atoms in total. The van der Waals surface area contributed by atoms with Gasteiger partial charge in [0.2, 0.25) is 0 Å². The van der Waals surface area contributed by atoms with E-state index >= 15 is 0 Å². The van der Waals surface area contributed by atoms with E-state index in [9.17, 15) is 4.79 Å². The molecule has 1 amide bonds. The fourth-order valence-electron chi connectivity index (χ4n) is 2.70. The predicted molar refractivity (Wildman–Crippen MR) is 98.0 cm³/mol. The van der Waals surface area contributed by atoms with Crippen LogP contribution in [0.5, 0.6) is 5.75 Å². The van der Waals surface area contributed by atoms with Crippen LogP contribution in [-0.4, -0.2) is 17.5 Å². The van der Waals surface area contributed by atoms with Crippen LogP contribution < -0.4 is 10.1 Å². The number of benzene rings is 2. The summed E-state index contributed by atoms with van der Waals surface area (Å²) in [6.45, 7) is 6.78. The highest BCUT2D eigenvalue weighted by Gasteiger charge is 2.12. The molecule has 2 N–H and O–H groups in total. The molecule has 0 unspecified atom stereocenters. The van der Waals surface area contributed by atoms with Crippen molar-refractivity contribution in [3.8, 4) is 5.75 Å². The van der Waals surface area contributed by atoms with Crippen molar-refractivity contribution in [2.75, 3.05) is 11.9 Å².